The van der Waals surface area contributed by atoms with Crippen LogP contribution in [0.3, 0.4) is 0 Å². The average molecular weight is 191 g/mol. The second-order valence-corrected chi connectivity index (χ2v) is 2.30. The SMILES string of the molecule is O=C(O)C(O)c1ccccc1O.[Na]. The number of carbonyl (C=O) groups is 1. The van der Waals surface area contributed by atoms with Gasteiger partial charge in [-0.2, -0.15) is 0 Å². The van der Waals surface area contributed by atoms with Gasteiger partial charge in [-0.05, 0) is 6.07 Å². The van der Waals surface area contributed by atoms with Crippen molar-refractivity contribution >= 4 is 35.5 Å². The molecule has 0 aromatic heterocycles. The maximum absolute atomic E-state index is 10.3. The summed E-state index contributed by atoms with van der Waals surface area (Å²) in [6.45, 7) is 0. The zero-order valence-electron chi connectivity index (χ0n) is 7.14. The van der Waals surface area contributed by atoms with E-state index in [1.54, 1.807) is 12.1 Å². The summed E-state index contributed by atoms with van der Waals surface area (Å²) in [6.07, 6.45) is -1.66. The number of phenolic OH excluding ortho intramolecular Hbond substituents is 1. The maximum Gasteiger partial charge on any atom is 0.337 e. The number of carboxylic acids is 1. The van der Waals surface area contributed by atoms with Crippen LogP contribution in [-0.4, -0.2) is 50.8 Å². The number of rotatable bonds is 2. The molecule has 1 rings (SSSR count). The van der Waals surface area contributed by atoms with Crippen LogP contribution in [0.25, 0.3) is 0 Å². The minimum absolute atomic E-state index is 0. The van der Waals surface area contributed by atoms with E-state index in [1.165, 1.54) is 12.1 Å². The van der Waals surface area contributed by atoms with Crippen molar-refractivity contribution in [3.8, 4) is 5.75 Å². The molecule has 0 saturated heterocycles. The van der Waals surface area contributed by atoms with Gasteiger partial charge >= 0.3 is 5.97 Å². The predicted molar refractivity (Wildman–Crippen MR) is 46.5 cm³/mol. The van der Waals surface area contributed by atoms with Crippen LogP contribution in [0.15, 0.2) is 24.3 Å². The maximum atomic E-state index is 10.3. The normalized spacial score (nSPS) is 11.5. The quantitative estimate of drug-likeness (QED) is 0.580. The van der Waals surface area contributed by atoms with Crippen LogP contribution in [0, 0.1) is 0 Å². The van der Waals surface area contributed by atoms with Crippen LogP contribution in [-0.2, 0) is 4.79 Å². The minimum atomic E-state index is -1.66. The fraction of sp³-hybridized carbons (Fsp3) is 0.125. The zero-order valence-corrected chi connectivity index (χ0v) is 9.14. The Balaban J connectivity index is 0.00000144. The van der Waals surface area contributed by atoms with Gasteiger partial charge in [0.15, 0.2) is 6.10 Å². The standard InChI is InChI=1S/C8H8O4.Na/c9-6-4-2-1-3-5(6)7(10)8(11)12;/h1-4,7,9-10H,(H,11,12);. The number of carboxylic acid groups (broad SMARTS) is 1. The number of hydrogen-bond donors (Lipinski definition) is 3. The third-order valence-electron chi connectivity index (χ3n) is 1.47. The number of hydrogen-bond acceptors (Lipinski definition) is 3. The first-order valence-corrected chi connectivity index (χ1v) is 3.31. The van der Waals surface area contributed by atoms with Gasteiger partial charge in [-0.25, -0.2) is 4.79 Å². The molecule has 0 bridgehead atoms. The summed E-state index contributed by atoms with van der Waals surface area (Å²) in [4.78, 5) is 10.3. The van der Waals surface area contributed by atoms with Crippen molar-refractivity contribution in [2.75, 3.05) is 0 Å². The molecule has 0 fully saturated rings. The monoisotopic (exact) mass is 191 g/mol. The predicted octanol–water partition coefficient (Wildman–Crippen LogP) is 0.129. The van der Waals surface area contributed by atoms with E-state index in [1.807, 2.05) is 0 Å². The number of aliphatic hydroxyl groups excluding tert-OH is 1. The molecule has 1 radical (unpaired) electrons. The fourth-order valence-corrected chi connectivity index (χ4v) is 0.852. The topological polar surface area (TPSA) is 77.8 Å². The van der Waals surface area contributed by atoms with Crippen molar-refractivity contribution in [2.45, 2.75) is 6.10 Å². The van der Waals surface area contributed by atoms with E-state index >= 15 is 0 Å². The zero-order chi connectivity index (χ0) is 9.14. The second kappa shape index (κ2) is 5.24. The third kappa shape index (κ3) is 3.00. The van der Waals surface area contributed by atoms with Crippen molar-refractivity contribution in [3.05, 3.63) is 29.8 Å². The van der Waals surface area contributed by atoms with Gasteiger partial charge in [0.25, 0.3) is 0 Å². The van der Waals surface area contributed by atoms with E-state index in [-0.39, 0.29) is 40.9 Å². The first-order chi connectivity index (χ1) is 5.63. The van der Waals surface area contributed by atoms with Gasteiger partial charge in [-0.15, -0.1) is 0 Å². The Morgan fingerprint density at radius 1 is 1.31 bits per heavy atom. The number of aliphatic hydroxyl groups is 1. The molecule has 3 N–H and O–H groups in total. The Labute approximate surface area is 97.1 Å². The van der Waals surface area contributed by atoms with E-state index < -0.39 is 12.1 Å². The fourth-order valence-electron chi connectivity index (χ4n) is 0.852. The molecule has 1 aromatic carbocycles. The van der Waals surface area contributed by atoms with Crippen LogP contribution in [0.5, 0.6) is 5.75 Å². The van der Waals surface area contributed by atoms with Crippen molar-refractivity contribution in [1.82, 2.24) is 0 Å². The number of benzene rings is 1. The molecule has 0 aliphatic heterocycles. The molecule has 0 heterocycles. The van der Waals surface area contributed by atoms with Crippen molar-refractivity contribution < 1.29 is 20.1 Å². The van der Waals surface area contributed by atoms with Crippen LogP contribution >= 0.6 is 0 Å². The van der Waals surface area contributed by atoms with Crippen molar-refractivity contribution in [1.29, 1.82) is 0 Å². The summed E-state index contributed by atoms with van der Waals surface area (Å²) in [7, 11) is 0. The molecule has 65 valence electrons. The molecule has 0 saturated carbocycles. The molecule has 1 unspecified atom stereocenters. The molecule has 0 aliphatic carbocycles. The van der Waals surface area contributed by atoms with Crippen molar-refractivity contribution in [2.24, 2.45) is 0 Å². The van der Waals surface area contributed by atoms with Gasteiger partial charge in [0.1, 0.15) is 5.75 Å². The van der Waals surface area contributed by atoms with Crippen LogP contribution in [0.2, 0.25) is 0 Å². The average Bonchev–Trinajstić information content (AvgIpc) is 2.04. The molecule has 0 aliphatic rings. The molecule has 0 amide bonds. The van der Waals surface area contributed by atoms with Crippen LogP contribution in [0.1, 0.15) is 11.7 Å². The first kappa shape index (κ1) is 12.4. The minimum Gasteiger partial charge on any atom is -0.508 e. The molecular formula is C8H8NaO4. The van der Waals surface area contributed by atoms with Gasteiger partial charge < -0.3 is 15.3 Å². The van der Waals surface area contributed by atoms with Crippen molar-refractivity contribution in [3.63, 3.8) is 0 Å². The summed E-state index contributed by atoms with van der Waals surface area (Å²) in [5.74, 6) is -1.59. The largest absolute Gasteiger partial charge is 0.508 e. The third-order valence-corrected chi connectivity index (χ3v) is 1.47. The number of phenols is 1. The molecule has 1 aromatic rings. The summed E-state index contributed by atoms with van der Waals surface area (Å²) < 4.78 is 0. The van der Waals surface area contributed by atoms with E-state index in [4.69, 9.17) is 15.3 Å². The Morgan fingerprint density at radius 3 is 2.31 bits per heavy atom. The Kier molecular flexibility index (Phi) is 5.02. The number of para-hydroxylation sites is 1. The summed E-state index contributed by atoms with van der Waals surface area (Å²) >= 11 is 0. The summed E-state index contributed by atoms with van der Waals surface area (Å²) in [5.41, 5.74) is 0.00463. The summed E-state index contributed by atoms with van der Waals surface area (Å²) in [5, 5.41) is 26.5. The molecular weight excluding hydrogens is 183 g/mol. The number of aliphatic carboxylic acids is 1. The van der Waals surface area contributed by atoms with Crippen LogP contribution in [0.4, 0.5) is 0 Å². The Bertz CT molecular complexity index is 300. The van der Waals surface area contributed by atoms with Gasteiger partial charge in [0.05, 0.1) is 0 Å². The molecule has 4 nitrogen and oxygen atoms in total. The van der Waals surface area contributed by atoms with E-state index in [9.17, 15) is 4.79 Å². The molecule has 13 heavy (non-hydrogen) atoms. The molecule has 5 heteroatoms. The van der Waals surface area contributed by atoms with E-state index in [0.717, 1.165) is 0 Å². The molecule has 0 spiro atoms. The van der Waals surface area contributed by atoms with E-state index in [2.05, 4.69) is 0 Å². The Hall–Kier alpha value is -0.550. The number of aromatic hydroxyl groups is 1. The first-order valence-electron chi connectivity index (χ1n) is 3.31. The smallest absolute Gasteiger partial charge is 0.337 e. The van der Waals surface area contributed by atoms with Gasteiger partial charge in [-0.3, -0.25) is 0 Å². The van der Waals surface area contributed by atoms with Gasteiger partial charge in [0, 0.05) is 35.1 Å². The van der Waals surface area contributed by atoms with E-state index in [0.29, 0.717) is 0 Å². The van der Waals surface area contributed by atoms with Gasteiger partial charge in [-0.1, -0.05) is 18.2 Å². The van der Waals surface area contributed by atoms with Gasteiger partial charge in [0.2, 0.25) is 0 Å². The Morgan fingerprint density at radius 2 is 1.85 bits per heavy atom. The summed E-state index contributed by atoms with van der Waals surface area (Å²) in [6, 6.07) is 5.77. The van der Waals surface area contributed by atoms with Crippen LogP contribution < -0.4 is 0 Å². The second-order valence-electron chi connectivity index (χ2n) is 2.30. The molecule has 1 atom stereocenters.